The zero-order valence-electron chi connectivity index (χ0n) is 16.3. The molecule has 3 heterocycles. The number of ether oxygens (including phenoxy) is 1. The smallest absolute Gasteiger partial charge is 0.407 e. The van der Waals surface area contributed by atoms with Crippen molar-refractivity contribution in [2.75, 3.05) is 18.4 Å². The van der Waals surface area contributed by atoms with Gasteiger partial charge in [-0.3, -0.25) is 4.79 Å². The van der Waals surface area contributed by atoms with Gasteiger partial charge >= 0.3 is 6.09 Å². The van der Waals surface area contributed by atoms with Crippen LogP contribution in [0.15, 0.2) is 48.7 Å². The number of carboxylic acid groups (broad SMARTS) is 1. The Kier molecular flexibility index (Phi) is 4.54. The van der Waals surface area contributed by atoms with Crippen molar-refractivity contribution in [2.24, 2.45) is 5.92 Å². The fourth-order valence-electron chi connectivity index (χ4n) is 3.80. The zero-order chi connectivity index (χ0) is 20.7. The number of benzene rings is 1. The number of nitrogens with one attached hydrogen (secondary N) is 1. The molecule has 2 aromatic heterocycles. The van der Waals surface area contributed by atoms with Crippen LogP contribution in [0.25, 0.3) is 16.6 Å². The largest absolute Gasteiger partial charge is 0.489 e. The van der Waals surface area contributed by atoms with Crippen molar-refractivity contribution in [1.29, 1.82) is 0 Å². The van der Waals surface area contributed by atoms with E-state index in [0.29, 0.717) is 31.1 Å². The molecule has 1 aliphatic carbocycles. The molecular formula is C22H22N4O4. The van der Waals surface area contributed by atoms with Crippen molar-refractivity contribution in [3.63, 3.8) is 0 Å². The molecule has 2 amide bonds. The fourth-order valence-corrected chi connectivity index (χ4v) is 3.80. The molecule has 0 spiro atoms. The van der Waals surface area contributed by atoms with Gasteiger partial charge in [-0.05, 0) is 36.6 Å². The molecule has 2 aliphatic rings. The summed E-state index contributed by atoms with van der Waals surface area (Å²) in [4.78, 5) is 24.5. The molecule has 1 atom stereocenters. The molecule has 3 aromatic rings. The van der Waals surface area contributed by atoms with E-state index in [-0.39, 0.29) is 17.9 Å². The molecule has 1 aliphatic heterocycles. The van der Waals surface area contributed by atoms with E-state index >= 15 is 0 Å². The first-order chi connectivity index (χ1) is 14.6. The van der Waals surface area contributed by atoms with E-state index < -0.39 is 6.09 Å². The summed E-state index contributed by atoms with van der Waals surface area (Å²) in [7, 11) is 0. The first kappa shape index (κ1) is 18.5. The Bertz CT molecular complexity index is 1100. The number of hydrogen-bond donors (Lipinski definition) is 2. The molecule has 2 fully saturated rings. The highest BCUT2D eigenvalue weighted by molar-refractivity contribution is 5.94. The summed E-state index contributed by atoms with van der Waals surface area (Å²) < 4.78 is 7.71. The Balaban J connectivity index is 1.33. The van der Waals surface area contributed by atoms with Crippen LogP contribution in [0, 0.1) is 5.92 Å². The number of aromatic nitrogens is 2. The lowest BCUT2D eigenvalue weighted by atomic mass is 10.1. The van der Waals surface area contributed by atoms with Gasteiger partial charge in [-0.15, -0.1) is 0 Å². The van der Waals surface area contributed by atoms with Gasteiger partial charge in [0.15, 0.2) is 5.82 Å². The molecule has 30 heavy (non-hydrogen) atoms. The van der Waals surface area contributed by atoms with E-state index in [1.807, 2.05) is 48.7 Å². The molecule has 1 aromatic carbocycles. The van der Waals surface area contributed by atoms with Crippen LogP contribution in [0.2, 0.25) is 0 Å². The van der Waals surface area contributed by atoms with Crippen LogP contribution in [-0.2, 0) is 4.79 Å². The number of rotatable bonds is 5. The molecule has 5 rings (SSSR count). The van der Waals surface area contributed by atoms with Crippen molar-refractivity contribution in [3.8, 4) is 16.9 Å². The maximum Gasteiger partial charge on any atom is 0.407 e. The van der Waals surface area contributed by atoms with Gasteiger partial charge in [0.1, 0.15) is 11.9 Å². The summed E-state index contributed by atoms with van der Waals surface area (Å²) >= 11 is 0. The Morgan fingerprint density at radius 2 is 1.93 bits per heavy atom. The van der Waals surface area contributed by atoms with Gasteiger partial charge in [0.25, 0.3) is 0 Å². The third kappa shape index (κ3) is 3.68. The second-order valence-electron chi connectivity index (χ2n) is 7.83. The monoisotopic (exact) mass is 406 g/mol. The second-order valence-corrected chi connectivity index (χ2v) is 7.83. The molecule has 0 bridgehead atoms. The summed E-state index contributed by atoms with van der Waals surface area (Å²) in [5.41, 5.74) is 2.91. The number of likely N-dealkylation sites (tertiary alicyclic amines) is 1. The van der Waals surface area contributed by atoms with Crippen LogP contribution in [0.5, 0.6) is 5.75 Å². The molecule has 1 unspecified atom stereocenters. The number of nitrogens with zero attached hydrogens (tertiary/aromatic N) is 3. The molecule has 8 nitrogen and oxygen atoms in total. The zero-order valence-corrected chi connectivity index (χ0v) is 16.3. The summed E-state index contributed by atoms with van der Waals surface area (Å²) in [5, 5.41) is 16.4. The number of pyridine rings is 1. The van der Waals surface area contributed by atoms with E-state index in [4.69, 9.17) is 9.84 Å². The maximum atomic E-state index is 12.0. The molecule has 2 N–H and O–H groups in total. The first-order valence-electron chi connectivity index (χ1n) is 10.1. The lowest BCUT2D eigenvalue weighted by Gasteiger charge is -2.15. The number of carbonyl (C=O) groups is 2. The van der Waals surface area contributed by atoms with Crippen LogP contribution < -0.4 is 10.1 Å². The van der Waals surface area contributed by atoms with E-state index in [9.17, 15) is 9.59 Å². The van der Waals surface area contributed by atoms with Gasteiger partial charge in [0, 0.05) is 36.7 Å². The van der Waals surface area contributed by atoms with Gasteiger partial charge in [0.2, 0.25) is 5.91 Å². The minimum Gasteiger partial charge on any atom is -0.489 e. The van der Waals surface area contributed by atoms with E-state index in [1.165, 1.54) is 4.90 Å². The van der Waals surface area contributed by atoms with Gasteiger partial charge in [-0.25, -0.2) is 9.31 Å². The Labute approximate surface area is 173 Å². The summed E-state index contributed by atoms with van der Waals surface area (Å²) in [6.45, 7) is 0.891. The van der Waals surface area contributed by atoms with Crippen molar-refractivity contribution in [3.05, 3.63) is 48.7 Å². The van der Waals surface area contributed by atoms with Crippen molar-refractivity contribution in [2.45, 2.75) is 25.4 Å². The molecule has 1 saturated carbocycles. The van der Waals surface area contributed by atoms with Crippen molar-refractivity contribution < 1.29 is 19.4 Å². The Morgan fingerprint density at radius 1 is 1.13 bits per heavy atom. The standard InChI is InChI=1S/C22H22N4O4/c27-21(15-3-4-15)23-20-12-19-18(2-1-10-26(19)24-20)14-5-7-16(8-6-14)30-17-9-11-25(13-17)22(28)29/h1-2,5-8,10,12,15,17H,3-4,9,11,13H2,(H,28,29)(H,23,24,27). The molecule has 8 heteroatoms. The van der Waals surface area contributed by atoms with Crippen LogP contribution in [0.1, 0.15) is 19.3 Å². The number of hydrogen-bond acceptors (Lipinski definition) is 4. The van der Waals surface area contributed by atoms with Crippen LogP contribution >= 0.6 is 0 Å². The number of amides is 2. The third-order valence-corrected chi connectivity index (χ3v) is 5.58. The van der Waals surface area contributed by atoms with E-state index in [2.05, 4.69) is 10.4 Å². The van der Waals surface area contributed by atoms with Crippen LogP contribution in [0.3, 0.4) is 0 Å². The van der Waals surface area contributed by atoms with Gasteiger partial charge in [-0.1, -0.05) is 18.2 Å². The maximum absolute atomic E-state index is 12.0. The Morgan fingerprint density at radius 3 is 2.63 bits per heavy atom. The third-order valence-electron chi connectivity index (χ3n) is 5.58. The normalized spacial score (nSPS) is 18.5. The predicted octanol–water partition coefficient (Wildman–Crippen LogP) is 3.48. The van der Waals surface area contributed by atoms with Crippen LogP contribution in [0.4, 0.5) is 10.6 Å². The quantitative estimate of drug-likeness (QED) is 0.676. The number of carbonyl (C=O) groups excluding carboxylic acids is 1. The predicted molar refractivity (Wildman–Crippen MR) is 111 cm³/mol. The lowest BCUT2D eigenvalue weighted by molar-refractivity contribution is -0.117. The molecule has 154 valence electrons. The van der Waals surface area contributed by atoms with Crippen molar-refractivity contribution >= 4 is 23.3 Å². The number of fused-ring (bicyclic) bond motifs is 1. The lowest BCUT2D eigenvalue weighted by Crippen LogP contribution is -2.29. The minimum atomic E-state index is -0.905. The highest BCUT2D eigenvalue weighted by Crippen LogP contribution is 2.31. The van der Waals surface area contributed by atoms with E-state index in [0.717, 1.165) is 29.5 Å². The minimum absolute atomic E-state index is 0.0369. The molecular weight excluding hydrogens is 384 g/mol. The second kappa shape index (κ2) is 7.37. The average Bonchev–Trinajstić information content (AvgIpc) is 3.35. The highest BCUT2D eigenvalue weighted by atomic mass is 16.5. The highest BCUT2D eigenvalue weighted by Gasteiger charge is 2.30. The number of anilines is 1. The summed E-state index contributed by atoms with van der Waals surface area (Å²) in [6.07, 6.45) is 3.43. The van der Waals surface area contributed by atoms with Crippen molar-refractivity contribution in [1.82, 2.24) is 14.5 Å². The summed E-state index contributed by atoms with van der Waals surface area (Å²) in [5.74, 6) is 1.44. The van der Waals surface area contributed by atoms with Crippen LogP contribution in [-0.4, -0.2) is 50.8 Å². The average molecular weight is 406 g/mol. The Hall–Kier alpha value is -3.55. The van der Waals surface area contributed by atoms with E-state index in [1.54, 1.807) is 4.52 Å². The van der Waals surface area contributed by atoms with Gasteiger partial charge in [0.05, 0.1) is 12.1 Å². The molecule has 1 saturated heterocycles. The fraction of sp³-hybridized carbons (Fsp3) is 0.318. The molecule has 0 radical (unpaired) electrons. The SMILES string of the molecule is O=C(Nc1cc2c(-c3ccc(OC4CCN(C(=O)O)C4)cc3)cccn2n1)C1CC1. The van der Waals surface area contributed by atoms with Gasteiger partial charge in [-0.2, -0.15) is 5.10 Å². The first-order valence-corrected chi connectivity index (χ1v) is 10.1. The topological polar surface area (TPSA) is 96.2 Å². The summed E-state index contributed by atoms with van der Waals surface area (Å²) in [6, 6.07) is 13.6. The van der Waals surface area contributed by atoms with Gasteiger partial charge < -0.3 is 20.1 Å².